The Bertz CT molecular complexity index is 891. The molecule has 3 rings (SSSR count). The summed E-state index contributed by atoms with van der Waals surface area (Å²) in [7, 11) is 0. The van der Waals surface area contributed by atoms with Crippen LogP contribution in [0.2, 0.25) is 0 Å². The Balaban J connectivity index is 1.41. The van der Waals surface area contributed by atoms with Crippen molar-refractivity contribution in [1.82, 2.24) is 14.8 Å². The molecular weight excluding hydrogens is 378 g/mol. The van der Waals surface area contributed by atoms with Gasteiger partial charge in [0.2, 0.25) is 5.91 Å². The maximum atomic E-state index is 12.7. The molecule has 0 atom stereocenters. The van der Waals surface area contributed by atoms with E-state index in [1.807, 2.05) is 29.2 Å². The number of piperazine rings is 1. The highest BCUT2D eigenvalue weighted by Gasteiger charge is 2.22. The fourth-order valence-corrected chi connectivity index (χ4v) is 3.60. The van der Waals surface area contributed by atoms with E-state index >= 15 is 0 Å². The first-order chi connectivity index (χ1) is 14.6. The summed E-state index contributed by atoms with van der Waals surface area (Å²) in [5.41, 5.74) is 8.69. The van der Waals surface area contributed by atoms with Gasteiger partial charge in [0.1, 0.15) is 0 Å². The molecule has 1 aliphatic rings. The molecule has 1 aromatic carbocycles. The Hall–Kier alpha value is -3.19. The number of amides is 2. The minimum Gasteiger partial charge on any atom is -0.398 e. The minimum absolute atomic E-state index is 0.0111. The Morgan fingerprint density at radius 1 is 1.10 bits per heavy atom. The number of aryl methyl sites for hydroxylation is 1. The highest BCUT2D eigenvalue weighted by molar-refractivity contribution is 5.99. The number of nitrogens with two attached hydrogens (primary N) is 1. The van der Waals surface area contributed by atoms with Crippen molar-refractivity contribution in [3.8, 4) is 0 Å². The molecule has 0 unspecified atom stereocenters. The molecule has 1 saturated heterocycles. The Morgan fingerprint density at radius 3 is 2.60 bits per heavy atom. The zero-order chi connectivity index (χ0) is 21.3. The molecule has 0 bridgehead atoms. The zero-order valence-electron chi connectivity index (χ0n) is 17.2. The molecule has 7 heteroatoms. The number of rotatable bonds is 8. The van der Waals surface area contributed by atoms with Gasteiger partial charge in [-0.2, -0.15) is 0 Å². The normalized spacial score (nSPS) is 14.3. The number of unbranched alkanes of at least 4 members (excludes halogenated alkanes) is 1. The molecular formula is C23H29N5O2. The fraction of sp³-hybridized carbons (Fsp3) is 0.348. The van der Waals surface area contributed by atoms with E-state index in [0.717, 1.165) is 50.3 Å². The second kappa shape index (κ2) is 10.5. The van der Waals surface area contributed by atoms with Crippen LogP contribution in [0.25, 0.3) is 0 Å². The molecule has 0 spiro atoms. The van der Waals surface area contributed by atoms with E-state index in [-0.39, 0.29) is 11.8 Å². The van der Waals surface area contributed by atoms with Crippen LogP contribution in [0.4, 0.5) is 11.4 Å². The van der Waals surface area contributed by atoms with E-state index in [4.69, 9.17) is 5.73 Å². The van der Waals surface area contributed by atoms with Gasteiger partial charge in [-0.1, -0.05) is 18.7 Å². The number of benzene rings is 1. The number of carbonyl (C=O) groups is 2. The predicted molar refractivity (Wildman–Crippen MR) is 119 cm³/mol. The van der Waals surface area contributed by atoms with Crippen molar-refractivity contribution in [1.29, 1.82) is 0 Å². The summed E-state index contributed by atoms with van der Waals surface area (Å²) < 4.78 is 0. The first-order valence-electron chi connectivity index (χ1n) is 10.3. The Morgan fingerprint density at radius 2 is 1.87 bits per heavy atom. The van der Waals surface area contributed by atoms with Crippen LogP contribution in [-0.2, 0) is 11.2 Å². The van der Waals surface area contributed by atoms with Gasteiger partial charge in [0.25, 0.3) is 5.91 Å². The largest absolute Gasteiger partial charge is 0.398 e. The molecule has 3 N–H and O–H groups in total. The Kier molecular flexibility index (Phi) is 7.57. The molecule has 2 aromatic rings. The number of para-hydroxylation sites is 1. The quantitative estimate of drug-likeness (QED) is 0.399. The molecule has 1 aliphatic heterocycles. The minimum atomic E-state index is -0.228. The van der Waals surface area contributed by atoms with Gasteiger partial charge in [0.05, 0.1) is 16.9 Å². The summed E-state index contributed by atoms with van der Waals surface area (Å²) in [6, 6.07) is 10.9. The summed E-state index contributed by atoms with van der Waals surface area (Å²) in [5.74, 6) is -0.217. The summed E-state index contributed by atoms with van der Waals surface area (Å²) >= 11 is 0. The average molecular weight is 408 g/mol. The smallest absolute Gasteiger partial charge is 0.256 e. The van der Waals surface area contributed by atoms with Gasteiger partial charge in [0, 0.05) is 38.1 Å². The van der Waals surface area contributed by atoms with Crippen LogP contribution in [0.15, 0.2) is 55.3 Å². The zero-order valence-corrected chi connectivity index (χ0v) is 17.2. The number of anilines is 2. The van der Waals surface area contributed by atoms with Crippen LogP contribution in [0.3, 0.4) is 0 Å². The van der Waals surface area contributed by atoms with E-state index in [2.05, 4.69) is 21.8 Å². The second-order valence-corrected chi connectivity index (χ2v) is 7.37. The predicted octanol–water partition coefficient (Wildman–Crippen LogP) is 2.57. The van der Waals surface area contributed by atoms with Crippen LogP contribution in [0.1, 0.15) is 28.9 Å². The van der Waals surface area contributed by atoms with Crippen molar-refractivity contribution in [3.05, 3.63) is 66.5 Å². The molecule has 30 heavy (non-hydrogen) atoms. The molecule has 0 saturated carbocycles. The summed E-state index contributed by atoms with van der Waals surface area (Å²) in [6.07, 6.45) is 5.82. The monoisotopic (exact) mass is 407 g/mol. The third kappa shape index (κ3) is 5.67. The van der Waals surface area contributed by atoms with Gasteiger partial charge in [-0.05, 0) is 56.1 Å². The van der Waals surface area contributed by atoms with Crippen molar-refractivity contribution in [3.63, 3.8) is 0 Å². The van der Waals surface area contributed by atoms with E-state index in [9.17, 15) is 9.59 Å². The lowest BCUT2D eigenvalue weighted by Crippen LogP contribution is -2.48. The Labute approximate surface area is 177 Å². The third-order valence-corrected chi connectivity index (χ3v) is 5.32. The van der Waals surface area contributed by atoms with Gasteiger partial charge >= 0.3 is 0 Å². The first kappa shape index (κ1) is 21.5. The van der Waals surface area contributed by atoms with Crippen molar-refractivity contribution < 1.29 is 9.59 Å². The summed E-state index contributed by atoms with van der Waals surface area (Å²) in [5, 5.41) is 2.81. The van der Waals surface area contributed by atoms with Gasteiger partial charge in [0.15, 0.2) is 0 Å². The lowest BCUT2D eigenvalue weighted by molar-refractivity contribution is -0.111. The number of nitrogen functional groups attached to an aromatic ring is 1. The topological polar surface area (TPSA) is 91.6 Å². The fourth-order valence-electron chi connectivity index (χ4n) is 3.60. The lowest BCUT2D eigenvalue weighted by Gasteiger charge is -2.35. The van der Waals surface area contributed by atoms with Crippen LogP contribution in [0.5, 0.6) is 0 Å². The number of nitrogens with one attached hydrogen (secondary N) is 1. The number of carbonyl (C=O) groups excluding carboxylic acids is 2. The summed E-state index contributed by atoms with van der Waals surface area (Å²) in [4.78, 5) is 32.9. The highest BCUT2D eigenvalue weighted by atomic mass is 16.2. The molecule has 158 valence electrons. The molecule has 2 heterocycles. The molecule has 1 aromatic heterocycles. The summed E-state index contributed by atoms with van der Waals surface area (Å²) in [6.45, 7) is 7.62. The van der Waals surface area contributed by atoms with Gasteiger partial charge in [-0.3, -0.25) is 19.5 Å². The number of pyridine rings is 1. The van der Waals surface area contributed by atoms with Crippen LogP contribution >= 0.6 is 0 Å². The average Bonchev–Trinajstić information content (AvgIpc) is 2.78. The van der Waals surface area contributed by atoms with E-state index < -0.39 is 0 Å². The molecule has 7 nitrogen and oxygen atoms in total. The number of hydrogen-bond acceptors (Lipinski definition) is 5. The standard InChI is InChI=1S/C23H29N5O2/c1-2-22(29)26-21-11-7-12-25-20(21)10-5-6-13-27-14-16-28(17-15-27)23(30)18-8-3-4-9-19(18)24/h2-4,7-9,11-12H,1,5-6,10,13-17,24H2,(H,26,29). The SMILES string of the molecule is C=CC(=O)Nc1cccnc1CCCCN1CCN(C(=O)c2ccccc2N)CC1. The molecule has 2 amide bonds. The van der Waals surface area contributed by atoms with Crippen molar-refractivity contribution in [2.75, 3.05) is 43.8 Å². The third-order valence-electron chi connectivity index (χ3n) is 5.32. The maximum Gasteiger partial charge on any atom is 0.256 e. The highest BCUT2D eigenvalue weighted by Crippen LogP contribution is 2.17. The molecule has 0 radical (unpaired) electrons. The molecule has 1 fully saturated rings. The van der Waals surface area contributed by atoms with Crippen molar-refractivity contribution in [2.24, 2.45) is 0 Å². The van der Waals surface area contributed by atoms with Gasteiger partial charge in [-0.15, -0.1) is 0 Å². The van der Waals surface area contributed by atoms with Crippen molar-refractivity contribution in [2.45, 2.75) is 19.3 Å². The van der Waals surface area contributed by atoms with Crippen LogP contribution in [-0.4, -0.2) is 59.3 Å². The van der Waals surface area contributed by atoms with Crippen LogP contribution < -0.4 is 11.1 Å². The van der Waals surface area contributed by atoms with E-state index in [0.29, 0.717) is 24.3 Å². The lowest BCUT2D eigenvalue weighted by atomic mass is 10.1. The van der Waals surface area contributed by atoms with Crippen molar-refractivity contribution >= 4 is 23.2 Å². The van der Waals surface area contributed by atoms with E-state index in [1.54, 1.807) is 18.3 Å². The van der Waals surface area contributed by atoms with E-state index in [1.165, 1.54) is 6.08 Å². The second-order valence-electron chi connectivity index (χ2n) is 7.37. The molecule has 0 aliphatic carbocycles. The maximum absolute atomic E-state index is 12.7. The van der Waals surface area contributed by atoms with Gasteiger partial charge < -0.3 is 16.0 Å². The number of hydrogen-bond donors (Lipinski definition) is 2. The number of aromatic nitrogens is 1. The van der Waals surface area contributed by atoms with Crippen LogP contribution in [0, 0.1) is 0 Å². The first-order valence-corrected chi connectivity index (χ1v) is 10.3. The van der Waals surface area contributed by atoms with Gasteiger partial charge in [-0.25, -0.2) is 0 Å². The number of nitrogens with zero attached hydrogens (tertiary/aromatic N) is 3.